The van der Waals surface area contributed by atoms with Crippen molar-refractivity contribution in [2.24, 2.45) is 0 Å². The van der Waals surface area contributed by atoms with Crippen molar-refractivity contribution >= 4 is 22.9 Å². The molecule has 0 aliphatic rings. The average molecular weight is 455 g/mol. The summed E-state index contributed by atoms with van der Waals surface area (Å²) >= 11 is 8.07. The first-order valence-electron chi connectivity index (χ1n) is 9.73. The van der Waals surface area contributed by atoms with Crippen LogP contribution in [0.2, 0.25) is 5.02 Å². The molecule has 0 aliphatic carbocycles. The van der Waals surface area contributed by atoms with E-state index in [4.69, 9.17) is 21.1 Å². The quantitative estimate of drug-likeness (QED) is 0.378. The Morgan fingerprint density at radius 1 is 0.968 bits per heavy atom. The first-order chi connectivity index (χ1) is 14.8. The Bertz CT molecular complexity index is 1220. The van der Waals surface area contributed by atoms with Gasteiger partial charge in [-0.2, -0.15) is 5.10 Å². The molecule has 2 aromatic heterocycles. The van der Waals surface area contributed by atoms with E-state index in [-0.39, 0.29) is 0 Å². The number of hydrogen-bond acceptors (Lipinski definition) is 5. The summed E-state index contributed by atoms with van der Waals surface area (Å²) in [5, 5.41) is 15.8. The number of hydrogen-bond donors (Lipinski definition) is 1. The number of nitrogens with zero attached hydrogens (tertiary/aromatic N) is 2. The smallest absolute Gasteiger partial charge is 0.169 e. The average Bonchev–Trinajstić information content (AvgIpc) is 3.40. The molecule has 4 aromatic rings. The molecule has 160 valence electrons. The zero-order valence-electron chi connectivity index (χ0n) is 17.7. The number of halogens is 1. The zero-order chi connectivity index (χ0) is 22.2. The minimum Gasteiger partial charge on any atom is -0.493 e. The van der Waals surface area contributed by atoms with Gasteiger partial charge in [-0.1, -0.05) is 29.8 Å². The topological polar surface area (TPSA) is 56.5 Å². The van der Waals surface area contributed by atoms with Gasteiger partial charge in [0.25, 0.3) is 0 Å². The molecule has 0 unspecified atom stereocenters. The summed E-state index contributed by atoms with van der Waals surface area (Å²) in [4.78, 5) is 2.02. The highest BCUT2D eigenvalue weighted by Crippen LogP contribution is 2.43. The van der Waals surface area contributed by atoms with E-state index in [1.807, 2.05) is 60.7 Å². The van der Waals surface area contributed by atoms with Gasteiger partial charge in [0.15, 0.2) is 11.5 Å². The second-order valence-corrected chi connectivity index (χ2v) is 9.03. The molecule has 0 spiro atoms. The van der Waals surface area contributed by atoms with E-state index in [0.29, 0.717) is 22.2 Å². The molecule has 31 heavy (non-hydrogen) atoms. The van der Waals surface area contributed by atoms with E-state index in [0.717, 1.165) is 26.7 Å². The van der Waals surface area contributed by atoms with Gasteiger partial charge in [0, 0.05) is 10.4 Å². The molecule has 7 heteroatoms. The summed E-state index contributed by atoms with van der Waals surface area (Å²) in [5.41, 5.74) is 2.03. The van der Waals surface area contributed by atoms with Gasteiger partial charge in [-0.25, -0.2) is 4.68 Å². The predicted molar refractivity (Wildman–Crippen MR) is 126 cm³/mol. The fraction of sp³-hybridized carbons (Fsp3) is 0.208. The second kappa shape index (κ2) is 8.38. The van der Waals surface area contributed by atoms with Crippen molar-refractivity contribution in [2.45, 2.75) is 19.4 Å². The number of ether oxygens (including phenoxy) is 2. The van der Waals surface area contributed by atoms with E-state index >= 15 is 0 Å². The summed E-state index contributed by atoms with van der Waals surface area (Å²) in [6.07, 6.45) is 0. The van der Waals surface area contributed by atoms with E-state index in [9.17, 15) is 5.11 Å². The van der Waals surface area contributed by atoms with Crippen LogP contribution in [-0.4, -0.2) is 29.1 Å². The Labute approximate surface area is 190 Å². The number of para-hydroxylation sites is 2. The minimum absolute atomic E-state index is 0.566. The van der Waals surface area contributed by atoms with Crippen molar-refractivity contribution in [1.29, 1.82) is 0 Å². The van der Waals surface area contributed by atoms with Crippen molar-refractivity contribution < 1.29 is 14.6 Å². The first-order valence-corrected chi connectivity index (χ1v) is 10.9. The Hall–Kier alpha value is -2.80. The van der Waals surface area contributed by atoms with Crippen LogP contribution in [-0.2, 0) is 5.60 Å². The Morgan fingerprint density at radius 2 is 1.71 bits per heavy atom. The number of aliphatic hydroxyl groups is 1. The van der Waals surface area contributed by atoms with Gasteiger partial charge in [-0.05, 0) is 56.3 Å². The third kappa shape index (κ3) is 4.06. The molecule has 1 N–H and O–H groups in total. The van der Waals surface area contributed by atoms with Gasteiger partial charge >= 0.3 is 0 Å². The number of benzene rings is 2. The summed E-state index contributed by atoms with van der Waals surface area (Å²) < 4.78 is 12.8. The molecule has 2 heterocycles. The number of thiophene rings is 1. The number of methoxy groups -OCH3 is 2. The van der Waals surface area contributed by atoms with E-state index in [2.05, 4.69) is 5.10 Å². The molecule has 0 bridgehead atoms. The van der Waals surface area contributed by atoms with Crippen LogP contribution in [0.15, 0.2) is 60.7 Å². The molecular formula is C24H23ClN2O3S. The zero-order valence-corrected chi connectivity index (χ0v) is 19.3. The lowest BCUT2D eigenvalue weighted by Crippen LogP contribution is -2.16. The van der Waals surface area contributed by atoms with Crippen LogP contribution in [0.25, 0.3) is 26.7 Å². The number of aromatic nitrogens is 2. The van der Waals surface area contributed by atoms with Gasteiger partial charge in [-0.15, -0.1) is 11.3 Å². The lowest BCUT2D eigenvalue weighted by Gasteiger charge is -2.13. The number of rotatable bonds is 6. The molecule has 0 saturated heterocycles. The molecule has 0 amide bonds. The molecule has 0 aliphatic heterocycles. The van der Waals surface area contributed by atoms with Crippen molar-refractivity contribution in [1.82, 2.24) is 9.78 Å². The fourth-order valence-corrected chi connectivity index (χ4v) is 4.61. The maximum atomic E-state index is 10.6. The highest BCUT2D eigenvalue weighted by molar-refractivity contribution is 7.18. The molecule has 5 nitrogen and oxygen atoms in total. The summed E-state index contributed by atoms with van der Waals surface area (Å²) in [6, 6.07) is 19.3. The lowest BCUT2D eigenvalue weighted by atomic mass is 10.1. The standard InChI is InChI=1S/C24H23ClN2O3S/c1-24(2,28)22-14-18(27(26-22)17-10-6-5-9-16(17)25)21-13-12-20(31-21)15-8-7-11-19(29-3)23(15)30-4/h5-14,28H,1-4H3. The molecule has 0 fully saturated rings. The first kappa shape index (κ1) is 21.4. The summed E-state index contributed by atoms with van der Waals surface area (Å²) in [5.74, 6) is 1.37. The molecule has 0 atom stereocenters. The fourth-order valence-electron chi connectivity index (χ4n) is 3.36. The molecular weight excluding hydrogens is 432 g/mol. The van der Waals surface area contributed by atoms with E-state index in [1.54, 1.807) is 44.1 Å². The maximum Gasteiger partial charge on any atom is 0.169 e. The Kier molecular flexibility index (Phi) is 5.79. The van der Waals surface area contributed by atoms with Crippen LogP contribution >= 0.6 is 22.9 Å². The third-order valence-electron chi connectivity index (χ3n) is 4.94. The van der Waals surface area contributed by atoms with Crippen LogP contribution in [0.1, 0.15) is 19.5 Å². The predicted octanol–water partition coefficient (Wildman–Crippen LogP) is 6.17. The lowest BCUT2D eigenvalue weighted by molar-refractivity contribution is 0.0734. The van der Waals surface area contributed by atoms with Gasteiger partial charge in [0.2, 0.25) is 0 Å². The second-order valence-electron chi connectivity index (χ2n) is 7.54. The van der Waals surface area contributed by atoms with Crippen LogP contribution < -0.4 is 9.47 Å². The third-order valence-corrected chi connectivity index (χ3v) is 6.40. The van der Waals surface area contributed by atoms with E-state index < -0.39 is 5.60 Å². The van der Waals surface area contributed by atoms with Crippen molar-refractivity contribution in [2.75, 3.05) is 14.2 Å². The summed E-state index contributed by atoms with van der Waals surface area (Å²) in [6.45, 7) is 3.44. The summed E-state index contributed by atoms with van der Waals surface area (Å²) in [7, 11) is 3.26. The largest absolute Gasteiger partial charge is 0.493 e. The normalized spacial score (nSPS) is 11.5. The molecule has 0 saturated carbocycles. The Balaban J connectivity index is 1.86. The van der Waals surface area contributed by atoms with Crippen LogP contribution in [0.5, 0.6) is 11.5 Å². The van der Waals surface area contributed by atoms with Gasteiger partial charge < -0.3 is 14.6 Å². The molecule has 4 rings (SSSR count). The van der Waals surface area contributed by atoms with Crippen molar-refractivity contribution in [3.05, 3.63) is 71.4 Å². The maximum absolute atomic E-state index is 10.6. The van der Waals surface area contributed by atoms with Crippen LogP contribution in [0.4, 0.5) is 0 Å². The minimum atomic E-state index is -1.09. The monoisotopic (exact) mass is 454 g/mol. The Morgan fingerprint density at radius 3 is 2.39 bits per heavy atom. The van der Waals surface area contributed by atoms with Crippen LogP contribution in [0.3, 0.4) is 0 Å². The van der Waals surface area contributed by atoms with Gasteiger partial charge in [0.1, 0.15) is 5.60 Å². The highest BCUT2D eigenvalue weighted by Gasteiger charge is 2.24. The van der Waals surface area contributed by atoms with Crippen molar-refractivity contribution in [3.63, 3.8) is 0 Å². The van der Waals surface area contributed by atoms with Gasteiger partial charge in [0.05, 0.1) is 41.2 Å². The highest BCUT2D eigenvalue weighted by atomic mass is 35.5. The SMILES string of the molecule is COc1cccc(-c2ccc(-c3cc(C(C)(C)O)nn3-c3ccccc3Cl)s2)c1OC. The molecule has 2 aromatic carbocycles. The molecule has 0 radical (unpaired) electrons. The van der Waals surface area contributed by atoms with Crippen LogP contribution in [0, 0.1) is 0 Å². The van der Waals surface area contributed by atoms with Crippen molar-refractivity contribution in [3.8, 4) is 38.2 Å². The van der Waals surface area contributed by atoms with Gasteiger partial charge in [-0.3, -0.25) is 0 Å². The van der Waals surface area contributed by atoms with E-state index in [1.165, 1.54) is 0 Å².